The van der Waals surface area contributed by atoms with E-state index >= 15 is 0 Å². The highest BCUT2D eigenvalue weighted by atomic mass is 32.1. The summed E-state index contributed by atoms with van der Waals surface area (Å²) in [5.74, 6) is 0.840. The molecule has 0 fully saturated rings. The molecule has 0 radical (unpaired) electrons. The summed E-state index contributed by atoms with van der Waals surface area (Å²) in [5, 5.41) is 4.65. The van der Waals surface area contributed by atoms with Crippen LogP contribution in [0.15, 0.2) is 53.4 Å². The van der Waals surface area contributed by atoms with Crippen LogP contribution < -0.4 is 15.0 Å². The summed E-state index contributed by atoms with van der Waals surface area (Å²) < 4.78 is 41.7. The number of terminal acetylenes is 1. The number of anilines is 1. The van der Waals surface area contributed by atoms with Crippen molar-refractivity contribution in [3.05, 3.63) is 64.1 Å². The molecule has 0 aliphatic heterocycles. The molecule has 1 aliphatic rings. The van der Waals surface area contributed by atoms with Crippen LogP contribution in [0.5, 0.6) is 5.75 Å². The SMILES string of the molecule is C#Cc1nc(C(=O)N(c2ccc(OC(F)(F)F)cc2)C(C(=O)NC(C)(C)C)C2=CC=CC2)cs1. The lowest BCUT2D eigenvalue weighted by Gasteiger charge is -2.34. The largest absolute Gasteiger partial charge is 0.573 e. The van der Waals surface area contributed by atoms with Gasteiger partial charge in [0.15, 0.2) is 5.01 Å². The van der Waals surface area contributed by atoms with Crippen molar-refractivity contribution in [2.75, 3.05) is 4.90 Å². The summed E-state index contributed by atoms with van der Waals surface area (Å²) in [6.07, 6.45) is 6.30. The molecule has 1 N–H and O–H groups in total. The Balaban J connectivity index is 2.09. The Hall–Kier alpha value is -3.58. The van der Waals surface area contributed by atoms with E-state index in [9.17, 15) is 22.8 Å². The Morgan fingerprint density at radius 1 is 1.24 bits per heavy atom. The average molecular weight is 490 g/mol. The lowest BCUT2D eigenvalue weighted by molar-refractivity contribution is -0.274. The summed E-state index contributed by atoms with van der Waals surface area (Å²) in [6, 6.07) is 3.65. The maximum absolute atomic E-state index is 13.6. The molecule has 1 unspecified atom stereocenters. The Kier molecular flexibility index (Phi) is 7.17. The number of amides is 2. The number of thiazole rings is 1. The molecule has 1 heterocycles. The fourth-order valence-electron chi connectivity index (χ4n) is 3.31. The van der Waals surface area contributed by atoms with Crippen LogP contribution in [0, 0.1) is 12.3 Å². The van der Waals surface area contributed by atoms with E-state index < -0.39 is 35.5 Å². The number of benzene rings is 1. The maximum Gasteiger partial charge on any atom is 0.573 e. The van der Waals surface area contributed by atoms with Gasteiger partial charge in [-0.05, 0) is 63.0 Å². The smallest absolute Gasteiger partial charge is 0.406 e. The number of ether oxygens (including phenoxy) is 1. The first-order valence-electron chi connectivity index (χ1n) is 10.2. The second kappa shape index (κ2) is 9.73. The number of alkyl halides is 3. The van der Waals surface area contributed by atoms with E-state index in [1.54, 1.807) is 32.9 Å². The molecule has 0 spiro atoms. The Bertz CT molecular complexity index is 1170. The van der Waals surface area contributed by atoms with Gasteiger partial charge in [-0.15, -0.1) is 30.9 Å². The number of nitrogens with one attached hydrogen (secondary N) is 1. The van der Waals surface area contributed by atoms with Gasteiger partial charge < -0.3 is 10.1 Å². The monoisotopic (exact) mass is 489 g/mol. The molecule has 1 aromatic heterocycles. The van der Waals surface area contributed by atoms with Crippen LogP contribution in [-0.2, 0) is 4.79 Å². The third-order valence-corrected chi connectivity index (χ3v) is 5.34. The van der Waals surface area contributed by atoms with Gasteiger partial charge in [-0.1, -0.05) is 18.2 Å². The minimum atomic E-state index is -4.86. The van der Waals surface area contributed by atoms with Crippen molar-refractivity contribution in [3.63, 3.8) is 0 Å². The summed E-state index contributed by atoms with van der Waals surface area (Å²) >= 11 is 1.09. The van der Waals surface area contributed by atoms with E-state index in [0.29, 0.717) is 12.0 Å². The molecular weight excluding hydrogens is 467 g/mol. The number of carbonyl (C=O) groups excluding carboxylic acids is 2. The quantitative estimate of drug-likeness (QED) is 0.590. The molecule has 1 aliphatic carbocycles. The normalized spacial score (nSPS) is 14.2. The van der Waals surface area contributed by atoms with Crippen molar-refractivity contribution >= 4 is 28.8 Å². The van der Waals surface area contributed by atoms with Crippen molar-refractivity contribution in [1.82, 2.24) is 10.3 Å². The third-order valence-electron chi connectivity index (χ3n) is 4.57. The third kappa shape index (κ3) is 6.26. The van der Waals surface area contributed by atoms with E-state index in [1.807, 2.05) is 6.08 Å². The van der Waals surface area contributed by atoms with Gasteiger partial charge in [0.05, 0.1) is 0 Å². The van der Waals surface area contributed by atoms with Crippen LogP contribution in [0.1, 0.15) is 42.7 Å². The Labute approximate surface area is 199 Å². The zero-order valence-electron chi connectivity index (χ0n) is 18.6. The van der Waals surface area contributed by atoms with E-state index in [-0.39, 0.29) is 16.4 Å². The molecule has 34 heavy (non-hydrogen) atoms. The maximum atomic E-state index is 13.6. The number of aromatic nitrogens is 1. The van der Waals surface area contributed by atoms with Crippen molar-refractivity contribution in [1.29, 1.82) is 0 Å². The number of allylic oxidation sites excluding steroid dienone is 3. The minimum Gasteiger partial charge on any atom is -0.406 e. The first-order chi connectivity index (χ1) is 15.9. The Morgan fingerprint density at radius 3 is 2.41 bits per heavy atom. The summed E-state index contributed by atoms with van der Waals surface area (Å²) in [4.78, 5) is 32.4. The van der Waals surface area contributed by atoms with Crippen LogP contribution in [-0.4, -0.2) is 34.7 Å². The van der Waals surface area contributed by atoms with Crippen LogP contribution in [0.3, 0.4) is 0 Å². The van der Waals surface area contributed by atoms with E-state index in [4.69, 9.17) is 6.42 Å². The van der Waals surface area contributed by atoms with Crippen molar-refractivity contribution in [3.8, 4) is 18.1 Å². The fourth-order valence-corrected chi connectivity index (χ4v) is 3.91. The highest BCUT2D eigenvalue weighted by molar-refractivity contribution is 7.10. The molecule has 10 heteroatoms. The van der Waals surface area contributed by atoms with E-state index in [2.05, 4.69) is 21.0 Å². The van der Waals surface area contributed by atoms with Crippen LogP contribution in [0.4, 0.5) is 18.9 Å². The molecule has 2 aromatic rings. The minimum absolute atomic E-state index is 0.0219. The van der Waals surface area contributed by atoms with Crippen molar-refractivity contribution < 1.29 is 27.5 Å². The number of hydrogen-bond acceptors (Lipinski definition) is 5. The van der Waals surface area contributed by atoms with Gasteiger partial charge in [-0.2, -0.15) is 0 Å². The molecule has 178 valence electrons. The molecule has 0 saturated carbocycles. The molecule has 1 atom stereocenters. The zero-order chi connectivity index (χ0) is 25.1. The average Bonchev–Trinajstić information content (AvgIpc) is 3.41. The molecule has 0 saturated heterocycles. The number of nitrogens with zero attached hydrogens (tertiary/aromatic N) is 2. The van der Waals surface area contributed by atoms with Gasteiger partial charge in [0, 0.05) is 16.6 Å². The first-order valence-corrected chi connectivity index (χ1v) is 11.0. The van der Waals surface area contributed by atoms with Gasteiger partial charge in [0.2, 0.25) is 5.91 Å². The second-order valence-corrected chi connectivity index (χ2v) is 9.27. The number of rotatable bonds is 6. The second-order valence-electron chi connectivity index (χ2n) is 8.41. The van der Waals surface area contributed by atoms with Gasteiger partial charge in [-0.25, -0.2) is 4.98 Å². The molecular formula is C24H22F3N3O3S. The highest BCUT2D eigenvalue weighted by Crippen LogP contribution is 2.31. The van der Waals surface area contributed by atoms with E-state index in [0.717, 1.165) is 23.5 Å². The summed E-state index contributed by atoms with van der Waals surface area (Å²) in [5.41, 5.74) is 0.252. The number of halogens is 3. The summed E-state index contributed by atoms with van der Waals surface area (Å²) in [6.45, 7) is 5.41. The molecule has 1 aromatic carbocycles. The Morgan fingerprint density at radius 2 is 1.91 bits per heavy atom. The molecule has 2 amide bonds. The lowest BCUT2D eigenvalue weighted by atomic mass is 9.99. The van der Waals surface area contributed by atoms with Crippen LogP contribution in [0.25, 0.3) is 0 Å². The first kappa shape index (κ1) is 25.1. The van der Waals surface area contributed by atoms with E-state index in [1.165, 1.54) is 22.4 Å². The number of hydrogen-bond donors (Lipinski definition) is 1. The van der Waals surface area contributed by atoms with Gasteiger partial charge in [0.25, 0.3) is 5.91 Å². The lowest BCUT2D eigenvalue weighted by Crippen LogP contribution is -2.55. The molecule has 6 nitrogen and oxygen atoms in total. The highest BCUT2D eigenvalue weighted by Gasteiger charge is 2.37. The molecule has 3 rings (SSSR count). The molecule has 0 bridgehead atoms. The standard InChI is InChI=1S/C24H22F3N3O3S/c1-5-19-28-18(14-34-19)22(32)30(16-10-12-17(13-11-16)33-24(25,26)27)20(15-8-6-7-9-15)21(31)29-23(2,3)4/h1,6-8,10-14,20H,9H2,2-4H3,(H,29,31). The zero-order valence-corrected chi connectivity index (χ0v) is 19.5. The van der Waals surface area contributed by atoms with Gasteiger partial charge in [-0.3, -0.25) is 14.5 Å². The van der Waals surface area contributed by atoms with Gasteiger partial charge in [0.1, 0.15) is 17.5 Å². The summed E-state index contributed by atoms with van der Waals surface area (Å²) in [7, 11) is 0. The van der Waals surface area contributed by atoms with Crippen molar-refractivity contribution in [2.24, 2.45) is 0 Å². The van der Waals surface area contributed by atoms with Crippen LogP contribution >= 0.6 is 11.3 Å². The van der Waals surface area contributed by atoms with Gasteiger partial charge >= 0.3 is 6.36 Å². The number of carbonyl (C=O) groups is 2. The predicted octanol–water partition coefficient (Wildman–Crippen LogP) is 4.84. The topological polar surface area (TPSA) is 71.5 Å². The fraction of sp³-hybridized carbons (Fsp3) is 0.292. The van der Waals surface area contributed by atoms with Crippen LogP contribution in [0.2, 0.25) is 0 Å². The van der Waals surface area contributed by atoms with Crippen molar-refractivity contribution in [2.45, 2.75) is 45.1 Å². The predicted molar refractivity (Wildman–Crippen MR) is 124 cm³/mol.